The first kappa shape index (κ1) is 13.7. The molecule has 1 aliphatic heterocycles. The molecule has 0 aromatic carbocycles. The Kier molecular flexibility index (Phi) is 3.87. The summed E-state index contributed by atoms with van der Waals surface area (Å²) in [6.07, 6.45) is 8.65. The first-order chi connectivity index (χ1) is 9.72. The number of hydrogen-bond acceptors (Lipinski definition) is 4. The van der Waals surface area contributed by atoms with E-state index in [0.717, 1.165) is 32.3 Å². The highest BCUT2D eigenvalue weighted by atomic mass is 19.1. The second-order valence-electron chi connectivity index (χ2n) is 5.91. The average molecular weight is 279 g/mol. The summed E-state index contributed by atoms with van der Waals surface area (Å²) in [4.78, 5) is 8.03. The summed E-state index contributed by atoms with van der Waals surface area (Å²) in [5, 5.41) is 3.27. The number of rotatable bonds is 3. The molecule has 4 nitrogen and oxygen atoms in total. The molecule has 110 valence electrons. The molecule has 0 bridgehead atoms. The third kappa shape index (κ3) is 2.64. The van der Waals surface area contributed by atoms with Gasteiger partial charge in [0.2, 0.25) is 0 Å². The van der Waals surface area contributed by atoms with Gasteiger partial charge >= 0.3 is 0 Å². The highest BCUT2D eigenvalue weighted by molar-refractivity contribution is 5.38. The van der Waals surface area contributed by atoms with Gasteiger partial charge in [0, 0.05) is 12.6 Å². The Morgan fingerprint density at radius 2 is 2.20 bits per heavy atom. The molecule has 1 unspecified atom stereocenters. The second kappa shape index (κ2) is 5.64. The fourth-order valence-electron chi connectivity index (χ4n) is 3.47. The monoisotopic (exact) mass is 279 g/mol. The van der Waals surface area contributed by atoms with Gasteiger partial charge in [-0.15, -0.1) is 0 Å². The van der Waals surface area contributed by atoms with E-state index in [2.05, 4.69) is 15.3 Å². The van der Waals surface area contributed by atoms with Crippen LogP contribution >= 0.6 is 0 Å². The van der Waals surface area contributed by atoms with Crippen molar-refractivity contribution < 1.29 is 9.13 Å². The lowest BCUT2D eigenvalue weighted by Crippen LogP contribution is -2.42. The molecule has 20 heavy (non-hydrogen) atoms. The van der Waals surface area contributed by atoms with E-state index in [4.69, 9.17) is 4.74 Å². The normalized spacial score (nSPS) is 25.0. The fraction of sp³-hybridized carbons (Fsp3) is 0.733. The van der Waals surface area contributed by atoms with Crippen molar-refractivity contribution in [3.05, 3.63) is 17.8 Å². The summed E-state index contributed by atoms with van der Waals surface area (Å²) in [6.45, 7) is 2.65. The molecule has 1 aliphatic carbocycles. The highest BCUT2D eigenvalue weighted by Gasteiger charge is 2.40. The van der Waals surface area contributed by atoms with Crippen molar-refractivity contribution in [1.29, 1.82) is 0 Å². The van der Waals surface area contributed by atoms with E-state index in [0.29, 0.717) is 17.9 Å². The summed E-state index contributed by atoms with van der Waals surface area (Å²) in [5.74, 6) is 0.0406. The number of aryl methyl sites for hydroxylation is 1. The third-order valence-electron chi connectivity index (χ3n) is 4.55. The van der Waals surface area contributed by atoms with Crippen molar-refractivity contribution in [2.75, 3.05) is 11.9 Å². The summed E-state index contributed by atoms with van der Waals surface area (Å²) in [5.41, 5.74) is 0.512. The van der Waals surface area contributed by atoms with Crippen molar-refractivity contribution in [3.8, 4) is 0 Å². The first-order valence-corrected chi connectivity index (χ1v) is 7.62. The molecule has 1 spiro atoms. The van der Waals surface area contributed by atoms with E-state index in [-0.39, 0.29) is 17.5 Å². The summed E-state index contributed by atoms with van der Waals surface area (Å²) >= 11 is 0. The van der Waals surface area contributed by atoms with Gasteiger partial charge < -0.3 is 10.1 Å². The highest BCUT2D eigenvalue weighted by Crippen LogP contribution is 2.40. The van der Waals surface area contributed by atoms with Gasteiger partial charge in [0.15, 0.2) is 11.6 Å². The minimum Gasteiger partial charge on any atom is -0.375 e. The van der Waals surface area contributed by atoms with Gasteiger partial charge in [-0.1, -0.05) is 19.8 Å². The van der Waals surface area contributed by atoms with Crippen LogP contribution in [0.3, 0.4) is 0 Å². The zero-order valence-electron chi connectivity index (χ0n) is 12.0. The van der Waals surface area contributed by atoms with Crippen LogP contribution < -0.4 is 5.32 Å². The minimum absolute atomic E-state index is 0.0347. The lowest BCUT2D eigenvalue weighted by molar-refractivity contribution is -0.0767. The van der Waals surface area contributed by atoms with Crippen LogP contribution in [0.2, 0.25) is 0 Å². The number of anilines is 1. The van der Waals surface area contributed by atoms with Crippen molar-refractivity contribution in [2.24, 2.45) is 0 Å². The Morgan fingerprint density at radius 3 is 2.95 bits per heavy atom. The molecule has 1 saturated heterocycles. The lowest BCUT2D eigenvalue weighted by atomic mass is 9.89. The van der Waals surface area contributed by atoms with Gasteiger partial charge in [0.05, 0.1) is 11.3 Å². The topological polar surface area (TPSA) is 47.0 Å². The predicted molar refractivity (Wildman–Crippen MR) is 75.2 cm³/mol. The van der Waals surface area contributed by atoms with Gasteiger partial charge in [-0.25, -0.2) is 14.4 Å². The van der Waals surface area contributed by atoms with Gasteiger partial charge in [0.25, 0.3) is 0 Å². The number of halogens is 1. The van der Waals surface area contributed by atoms with Crippen LogP contribution in [0.1, 0.15) is 51.1 Å². The molecule has 1 aromatic rings. The Hall–Kier alpha value is -1.23. The molecule has 3 rings (SSSR count). The molecule has 2 aliphatic rings. The first-order valence-electron chi connectivity index (χ1n) is 7.62. The molecule has 1 atom stereocenters. The summed E-state index contributed by atoms with van der Waals surface area (Å²) in [6, 6.07) is 0.246. The number of hydrogen-bond donors (Lipinski definition) is 1. The molecule has 1 saturated carbocycles. The quantitative estimate of drug-likeness (QED) is 0.923. The van der Waals surface area contributed by atoms with Gasteiger partial charge in [-0.2, -0.15) is 0 Å². The fourth-order valence-corrected chi connectivity index (χ4v) is 3.47. The Morgan fingerprint density at radius 1 is 1.40 bits per heavy atom. The lowest BCUT2D eigenvalue weighted by Gasteiger charge is -2.38. The largest absolute Gasteiger partial charge is 0.375 e. The maximum atomic E-state index is 14.2. The van der Waals surface area contributed by atoms with Crippen LogP contribution in [0.5, 0.6) is 0 Å². The van der Waals surface area contributed by atoms with Crippen LogP contribution in [0.25, 0.3) is 0 Å². The SMILES string of the molecule is CCc1ncnc(NC2CCOC3(CCCC3)C2)c1F. The maximum absolute atomic E-state index is 14.2. The summed E-state index contributed by atoms with van der Waals surface area (Å²) in [7, 11) is 0. The molecular weight excluding hydrogens is 257 g/mol. The van der Waals surface area contributed by atoms with E-state index >= 15 is 0 Å². The van der Waals surface area contributed by atoms with Gasteiger partial charge in [-0.3, -0.25) is 0 Å². The van der Waals surface area contributed by atoms with E-state index in [1.165, 1.54) is 19.2 Å². The number of ether oxygens (including phenoxy) is 1. The molecule has 2 fully saturated rings. The molecule has 5 heteroatoms. The molecular formula is C15H22FN3O. The Bertz CT molecular complexity index is 474. The Balaban J connectivity index is 1.71. The van der Waals surface area contributed by atoms with Gasteiger partial charge in [0.1, 0.15) is 6.33 Å². The standard InChI is InChI=1S/C15H22FN3O/c1-2-12-13(16)14(18-10-17-12)19-11-5-8-20-15(9-11)6-3-4-7-15/h10-11H,2-9H2,1H3,(H,17,18,19). The number of nitrogens with one attached hydrogen (secondary N) is 1. The van der Waals surface area contributed by atoms with Crippen LogP contribution in [-0.2, 0) is 11.2 Å². The molecule has 0 amide bonds. The van der Waals surface area contributed by atoms with Crippen molar-refractivity contribution in [3.63, 3.8) is 0 Å². The van der Waals surface area contributed by atoms with Crippen LogP contribution in [-0.4, -0.2) is 28.2 Å². The van der Waals surface area contributed by atoms with Crippen LogP contribution in [0.4, 0.5) is 10.2 Å². The zero-order chi connectivity index (χ0) is 14.0. The van der Waals surface area contributed by atoms with Crippen LogP contribution in [0, 0.1) is 5.82 Å². The van der Waals surface area contributed by atoms with Gasteiger partial charge in [-0.05, 0) is 32.1 Å². The molecule has 2 heterocycles. The van der Waals surface area contributed by atoms with Crippen molar-refractivity contribution in [1.82, 2.24) is 9.97 Å². The Labute approximate surface area is 119 Å². The van der Waals surface area contributed by atoms with Crippen molar-refractivity contribution in [2.45, 2.75) is 63.5 Å². The zero-order valence-corrected chi connectivity index (χ0v) is 12.0. The van der Waals surface area contributed by atoms with E-state index in [1.807, 2.05) is 6.92 Å². The van der Waals surface area contributed by atoms with E-state index in [9.17, 15) is 4.39 Å². The van der Waals surface area contributed by atoms with E-state index in [1.54, 1.807) is 0 Å². The number of aromatic nitrogens is 2. The minimum atomic E-state index is -0.304. The second-order valence-corrected chi connectivity index (χ2v) is 5.91. The third-order valence-corrected chi connectivity index (χ3v) is 4.55. The maximum Gasteiger partial charge on any atom is 0.186 e. The molecule has 0 radical (unpaired) electrons. The summed E-state index contributed by atoms with van der Waals surface area (Å²) < 4.78 is 20.2. The van der Waals surface area contributed by atoms with E-state index < -0.39 is 0 Å². The average Bonchev–Trinajstić information content (AvgIpc) is 2.89. The number of nitrogens with zero attached hydrogens (tertiary/aromatic N) is 2. The molecule has 1 aromatic heterocycles. The molecule has 1 N–H and O–H groups in total. The van der Waals surface area contributed by atoms with Crippen LogP contribution in [0.15, 0.2) is 6.33 Å². The predicted octanol–water partition coefficient (Wildman–Crippen LogP) is 3.08. The smallest absolute Gasteiger partial charge is 0.186 e. The van der Waals surface area contributed by atoms with Crippen molar-refractivity contribution >= 4 is 5.82 Å².